The molecule has 4 aromatic rings. The van der Waals surface area contributed by atoms with E-state index in [-0.39, 0.29) is 30.2 Å². The van der Waals surface area contributed by atoms with Crippen molar-refractivity contribution < 1.29 is 18.7 Å². The van der Waals surface area contributed by atoms with Crippen molar-refractivity contribution in [1.29, 1.82) is 0 Å². The Labute approximate surface area is 218 Å². The number of hydrogen-bond acceptors (Lipinski definition) is 8. The lowest BCUT2D eigenvalue weighted by Gasteiger charge is -2.31. The zero-order valence-corrected chi connectivity index (χ0v) is 21.5. The van der Waals surface area contributed by atoms with Crippen LogP contribution in [0.15, 0.2) is 58.3 Å². The lowest BCUT2D eigenvalue weighted by Crippen LogP contribution is -2.47. The Morgan fingerprint density at radius 3 is 2.76 bits per heavy atom. The fourth-order valence-corrected chi connectivity index (χ4v) is 5.34. The molecule has 0 spiro atoms. The van der Waals surface area contributed by atoms with Crippen molar-refractivity contribution >= 4 is 28.8 Å². The number of carbonyl (C=O) groups excluding carboxylic acids is 2. The number of anilines is 1. The summed E-state index contributed by atoms with van der Waals surface area (Å²) in [6.45, 7) is 1.60. The Hall–Kier alpha value is -3.99. The third-order valence-corrected chi connectivity index (χ3v) is 7.24. The second kappa shape index (κ2) is 11.0. The average Bonchev–Trinajstić information content (AvgIpc) is 3.71. The normalized spacial score (nSPS) is 14.4. The summed E-state index contributed by atoms with van der Waals surface area (Å²) in [4.78, 5) is 31.1. The standard InChI is InChI=1S/C26H28N6O4S/c1-17-12-13-21(36-17)25-28-30-31(29-25)16-23(33)32(19-9-5-10-20(15-19)35-2)24(22-11-6-14-37-22)26(34)27-18-7-3-4-8-18/h5-6,9-15,18,24H,3-4,7-8,16H2,1-2H3,(H,27,34)/t24-/m0/s1. The van der Waals surface area contributed by atoms with Gasteiger partial charge in [0.15, 0.2) is 5.76 Å². The van der Waals surface area contributed by atoms with Crippen LogP contribution in [-0.2, 0) is 16.1 Å². The van der Waals surface area contributed by atoms with E-state index in [9.17, 15) is 9.59 Å². The van der Waals surface area contributed by atoms with Crippen molar-refractivity contribution in [2.45, 2.75) is 51.2 Å². The zero-order chi connectivity index (χ0) is 25.8. The molecule has 1 aliphatic carbocycles. The van der Waals surface area contributed by atoms with E-state index in [2.05, 4.69) is 20.7 Å². The van der Waals surface area contributed by atoms with Crippen LogP contribution in [-0.4, -0.2) is 45.2 Å². The lowest BCUT2D eigenvalue weighted by atomic mass is 10.1. The van der Waals surface area contributed by atoms with Crippen molar-refractivity contribution in [3.8, 4) is 17.3 Å². The highest BCUT2D eigenvalue weighted by molar-refractivity contribution is 7.10. The van der Waals surface area contributed by atoms with Crippen LogP contribution in [0.4, 0.5) is 5.69 Å². The first-order valence-corrected chi connectivity index (χ1v) is 13.0. The summed E-state index contributed by atoms with van der Waals surface area (Å²) < 4.78 is 11.0. The zero-order valence-electron chi connectivity index (χ0n) is 20.7. The Morgan fingerprint density at radius 1 is 1.22 bits per heavy atom. The molecular formula is C26H28N6O4S. The monoisotopic (exact) mass is 520 g/mol. The molecule has 3 heterocycles. The van der Waals surface area contributed by atoms with Gasteiger partial charge in [0, 0.05) is 22.7 Å². The Bertz CT molecular complexity index is 1360. The van der Waals surface area contributed by atoms with Crippen LogP contribution in [0, 0.1) is 6.92 Å². The number of methoxy groups -OCH3 is 1. The molecule has 10 nitrogen and oxygen atoms in total. The third kappa shape index (κ3) is 5.56. The van der Waals surface area contributed by atoms with Crippen molar-refractivity contribution in [2.75, 3.05) is 12.0 Å². The summed E-state index contributed by atoms with van der Waals surface area (Å²) in [6.07, 6.45) is 4.05. The van der Waals surface area contributed by atoms with Gasteiger partial charge in [0.1, 0.15) is 24.1 Å². The van der Waals surface area contributed by atoms with Gasteiger partial charge in [-0.3, -0.25) is 14.5 Å². The van der Waals surface area contributed by atoms with Crippen LogP contribution < -0.4 is 15.0 Å². The number of rotatable bonds is 9. The summed E-state index contributed by atoms with van der Waals surface area (Å²) >= 11 is 1.43. The first-order valence-electron chi connectivity index (χ1n) is 12.2. The maximum atomic E-state index is 13.9. The van der Waals surface area contributed by atoms with E-state index in [1.807, 2.05) is 24.4 Å². The van der Waals surface area contributed by atoms with E-state index in [4.69, 9.17) is 9.15 Å². The molecule has 37 heavy (non-hydrogen) atoms. The molecular weight excluding hydrogens is 492 g/mol. The number of tetrazole rings is 1. The van der Waals surface area contributed by atoms with E-state index < -0.39 is 6.04 Å². The lowest BCUT2D eigenvalue weighted by molar-refractivity contribution is -0.127. The van der Waals surface area contributed by atoms with E-state index >= 15 is 0 Å². The van der Waals surface area contributed by atoms with Gasteiger partial charge in [0.05, 0.1) is 7.11 Å². The van der Waals surface area contributed by atoms with Gasteiger partial charge >= 0.3 is 0 Å². The van der Waals surface area contributed by atoms with E-state index in [0.717, 1.165) is 36.3 Å². The van der Waals surface area contributed by atoms with E-state index in [0.29, 0.717) is 17.2 Å². The molecule has 5 rings (SSSR count). The number of aromatic nitrogens is 4. The number of hydrogen-bond donors (Lipinski definition) is 1. The minimum atomic E-state index is -0.865. The quantitative estimate of drug-likeness (QED) is 0.353. The smallest absolute Gasteiger partial charge is 0.251 e. The molecule has 192 valence electrons. The fraction of sp³-hybridized carbons (Fsp3) is 0.346. The molecule has 1 atom stereocenters. The molecule has 11 heteroatoms. The van der Waals surface area contributed by atoms with E-state index in [1.165, 1.54) is 21.0 Å². The average molecular weight is 521 g/mol. The third-order valence-electron chi connectivity index (χ3n) is 6.31. The molecule has 2 amide bonds. The van der Waals surface area contributed by atoms with Gasteiger partial charge in [-0.15, -0.1) is 21.5 Å². The van der Waals surface area contributed by atoms with Crippen LogP contribution in [0.3, 0.4) is 0 Å². The molecule has 1 aliphatic rings. The summed E-state index contributed by atoms with van der Waals surface area (Å²) in [5, 5.41) is 17.5. The van der Waals surface area contributed by atoms with Crippen molar-refractivity contribution in [2.24, 2.45) is 0 Å². The van der Waals surface area contributed by atoms with Crippen LogP contribution >= 0.6 is 11.3 Å². The van der Waals surface area contributed by atoms with Gasteiger partial charge in [0.25, 0.3) is 5.91 Å². The first kappa shape index (κ1) is 24.7. The number of nitrogens with one attached hydrogen (secondary N) is 1. The minimum Gasteiger partial charge on any atom is -0.497 e. The van der Waals surface area contributed by atoms with Crippen molar-refractivity contribution in [3.05, 3.63) is 64.5 Å². The Kier molecular flexibility index (Phi) is 7.31. The second-order valence-electron chi connectivity index (χ2n) is 8.93. The summed E-state index contributed by atoms with van der Waals surface area (Å²) in [7, 11) is 1.56. The largest absolute Gasteiger partial charge is 0.497 e. The number of ether oxygens (including phenoxy) is 1. The number of amides is 2. The number of nitrogens with zero attached hydrogens (tertiary/aromatic N) is 5. The maximum Gasteiger partial charge on any atom is 0.251 e. The number of carbonyl (C=O) groups is 2. The van der Waals surface area contributed by atoms with Crippen molar-refractivity contribution in [3.63, 3.8) is 0 Å². The van der Waals surface area contributed by atoms with Gasteiger partial charge in [0.2, 0.25) is 11.7 Å². The van der Waals surface area contributed by atoms with Crippen LogP contribution in [0.1, 0.15) is 42.4 Å². The molecule has 1 N–H and O–H groups in total. The molecule has 0 saturated heterocycles. The van der Waals surface area contributed by atoms with E-state index in [1.54, 1.807) is 43.5 Å². The SMILES string of the molecule is COc1cccc(N(C(=O)Cn2nnc(-c3ccc(C)o3)n2)[C@H](C(=O)NC2CCCC2)c2cccs2)c1. The topological polar surface area (TPSA) is 115 Å². The predicted molar refractivity (Wildman–Crippen MR) is 138 cm³/mol. The molecule has 3 aromatic heterocycles. The highest BCUT2D eigenvalue weighted by atomic mass is 32.1. The first-order chi connectivity index (χ1) is 18.0. The second-order valence-corrected chi connectivity index (χ2v) is 9.91. The summed E-state index contributed by atoms with van der Waals surface area (Å²) in [5.74, 6) is 1.46. The van der Waals surface area contributed by atoms with Gasteiger partial charge in [-0.1, -0.05) is 25.0 Å². The van der Waals surface area contributed by atoms with Crippen LogP contribution in [0.25, 0.3) is 11.6 Å². The number of aryl methyl sites for hydroxylation is 1. The van der Waals surface area contributed by atoms with Gasteiger partial charge in [-0.25, -0.2) is 0 Å². The van der Waals surface area contributed by atoms with Gasteiger partial charge in [-0.05, 0) is 60.7 Å². The number of benzene rings is 1. The molecule has 1 fully saturated rings. The maximum absolute atomic E-state index is 13.9. The number of furan rings is 1. The molecule has 0 bridgehead atoms. The molecule has 0 radical (unpaired) electrons. The molecule has 0 unspecified atom stereocenters. The molecule has 1 saturated carbocycles. The molecule has 0 aliphatic heterocycles. The van der Waals surface area contributed by atoms with Gasteiger partial charge < -0.3 is 14.5 Å². The minimum absolute atomic E-state index is 0.105. The van der Waals surface area contributed by atoms with Crippen LogP contribution in [0.5, 0.6) is 5.75 Å². The fourth-order valence-electron chi connectivity index (χ4n) is 4.53. The predicted octanol–water partition coefficient (Wildman–Crippen LogP) is 4.14. The Balaban J connectivity index is 1.49. The van der Waals surface area contributed by atoms with Crippen LogP contribution in [0.2, 0.25) is 0 Å². The summed E-state index contributed by atoms with van der Waals surface area (Å²) in [6, 6.07) is 13.7. The molecule has 1 aromatic carbocycles. The number of thiophene rings is 1. The highest BCUT2D eigenvalue weighted by Gasteiger charge is 2.35. The van der Waals surface area contributed by atoms with Gasteiger partial charge in [-0.2, -0.15) is 4.80 Å². The van der Waals surface area contributed by atoms with Crippen molar-refractivity contribution in [1.82, 2.24) is 25.5 Å². The summed E-state index contributed by atoms with van der Waals surface area (Å²) in [5.41, 5.74) is 0.534. The highest BCUT2D eigenvalue weighted by Crippen LogP contribution is 2.33. The Morgan fingerprint density at radius 2 is 2.05 bits per heavy atom.